The third-order valence-corrected chi connectivity index (χ3v) is 12.1. The molecule has 1 aromatic heterocycles. The van der Waals surface area contributed by atoms with Gasteiger partial charge in [-0.25, -0.2) is 9.97 Å². The molecular weight excluding hydrogens is 781 g/mol. The van der Waals surface area contributed by atoms with Gasteiger partial charge in [0.05, 0.1) is 17.2 Å². The summed E-state index contributed by atoms with van der Waals surface area (Å²) < 4.78 is 23.7. The Morgan fingerprint density at radius 1 is 0.532 bits per heavy atom. The van der Waals surface area contributed by atoms with Gasteiger partial charge in [0.25, 0.3) is 0 Å². The largest absolute Gasteiger partial charge is 0.462 e. The maximum Gasteiger partial charge on any atom is 0.314 e. The highest BCUT2D eigenvalue weighted by atomic mass is 16.6. The highest BCUT2D eigenvalue weighted by Crippen LogP contribution is 2.36. The van der Waals surface area contributed by atoms with Crippen molar-refractivity contribution in [1.29, 1.82) is 0 Å². The molecule has 4 aromatic carbocycles. The summed E-state index contributed by atoms with van der Waals surface area (Å²) in [6.45, 7) is 4.32. The summed E-state index contributed by atoms with van der Waals surface area (Å²) in [5.74, 6) is -0.977. The topological polar surface area (TPSA) is 131 Å². The summed E-state index contributed by atoms with van der Waals surface area (Å²) in [7, 11) is 0. The normalized spacial score (nSPS) is 18.7. The van der Waals surface area contributed by atoms with E-state index >= 15 is 0 Å². The van der Waals surface area contributed by atoms with E-state index in [1.54, 1.807) is 18.3 Å². The average molecular weight is 839 g/mol. The maximum absolute atomic E-state index is 13.6. The average Bonchev–Trinajstić information content (AvgIpc) is 3.30. The van der Waals surface area contributed by atoms with E-state index in [0.717, 1.165) is 42.4 Å². The van der Waals surface area contributed by atoms with E-state index in [1.807, 2.05) is 30.3 Å². The molecule has 0 atom stereocenters. The molecule has 10 heteroatoms. The van der Waals surface area contributed by atoms with Crippen LogP contribution in [0.1, 0.15) is 113 Å². The number of nitrogens with zero attached hydrogens (tertiary/aromatic N) is 2. The Hall–Kier alpha value is -5.90. The second-order valence-corrected chi connectivity index (χ2v) is 16.8. The number of esters is 4. The molecule has 0 radical (unpaired) electrons. The molecule has 2 saturated carbocycles. The van der Waals surface area contributed by atoms with Crippen LogP contribution in [-0.4, -0.2) is 46.1 Å². The third kappa shape index (κ3) is 12.1. The summed E-state index contributed by atoms with van der Waals surface area (Å²) in [6, 6.07) is 29.5. The fourth-order valence-electron chi connectivity index (χ4n) is 8.49. The van der Waals surface area contributed by atoms with Gasteiger partial charge >= 0.3 is 23.9 Å². The van der Waals surface area contributed by atoms with Gasteiger partial charge in [0.2, 0.25) is 0 Å². The molecule has 0 saturated heterocycles. The van der Waals surface area contributed by atoms with Crippen LogP contribution in [0.25, 0.3) is 22.3 Å². The minimum absolute atomic E-state index is 0.222. The van der Waals surface area contributed by atoms with Crippen LogP contribution in [0.3, 0.4) is 0 Å². The Morgan fingerprint density at radius 2 is 0.968 bits per heavy atom. The SMILES string of the molecule is CCCc1ccc(CCC(=O)OC2CCC(C(=O)Oc3ccc(OC(=O)C4CCC(OC(=O)CCc5ccc(CCC)cc5)CC4)c4nc(-c5ccccc5)ncc34)CC2)cc1. The molecule has 1 heterocycles. The fraction of sp³-hybridized carbons (Fsp3) is 0.423. The first kappa shape index (κ1) is 44.2. The van der Waals surface area contributed by atoms with Gasteiger partial charge in [-0.2, -0.15) is 0 Å². The van der Waals surface area contributed by atoms with Crippen molar-refractivity contribution in [3.63, 3.8) is 0 Å². The predicted molar refractivity (Wildman–Crippen MR) is 237 cm³/mol. The van der Waals surface area contributed by atoms with Crippen molar-refractivity contribution in [3.05, 3.63) is 119 Å². The van der Waals surface area contributed by atoms with E-state index < -0.39 is 0 Å². The highest BCUT2D eigenvalue weighted by molar-refractivity contribution is 5.94. The van der Waals surface area contributed by atoms with E-state index in [4.69, 9.17) is 23.9 Å². The molecule has 2 aliphatic rings. The molecule has 324 valence electrons. The van der Waals surface area contributed by atoms with Crippen LogP contribution in [-0.2, 0) is 54.3 Å². The summed E-state index contributed by atoms with van der Waals surface area (Å²) in [5.41, 5.74) is 5.96. The molecule has 0 amide bonds. The van der Waals surface area contributed by atoms with Gasteiger partial charge in [-0.1, -0.05) is 106 Å². The number of benzene rings is 4. The molecule has 62 heavy (non-hydrogen) atoms. The third-order valence-electron chi connectivity index (χ3n) is 12.1. The first-order valence-corrected chi connectivity index (χ1v) is 22.6. The highest BCUT2D eigenvalue weighted by Gasteiger charge is 2.32. The van der Waals surface area contributed by atoms with Crippen LogP contribution in [0.2, 0.25) is 0 Å². The predicted octanol–water partition coefficient (Wildman–Crippen LogP) is 10.5. The van der Waals surface area contributed by atoms with Gasteiger partial charge in [-0.05, 0) is 111 Å². The fourth-order valence-corrected chi connectivity index (χ4v) is 8.49. The van der Waals surface area contributed by atoms with Gasteiger partial charge in [0.1, 0.15) is 23.5 Å². The number of ether oxygens (including phenoxy) is 4. The Balaban J connectivity index is 0.924. The van der Waals surface area contributed by atoms with Crippen LogP contribution in [0, 0.1) is 11.8 Å². The molecule has 7 rings (SSSR count). The van der Waals surface area contributed by atoms with Crippen LogP contribution < -0.4 is 9.47 Å². The zero-order chi connectivity index (χ0) is 43.3. The molecule has 2 aliphatic carbocycles. The molecule has 0 aliphatic heterocycles. The van der Waals surface area contributed by atoms with Crippen molar-refractivity contribution in [2.24, 2.45) is 11.8 Å². The van der Waals surface area contributed by atoms with Gasteiger partial charge < -0.3 is 18.9 Å². The first-order chi connectivity index (χ1) is 30.2. The number of carbonyl (C=O) groups excluding carboxylic acids is 4. The smallest absolute Gasteiger partial charge is 0.314 e. The minimum Gasteiger partial charge on any atom is -0.462 e. The van der Waals surface area contributed by atoms with E-state index in [1.165, 1.54) is 11.1 Å². The first-order valence-electron chi connectivity index (χ1n) is 22.6. The van der Waals surface area contributed by atoms with E-state index in [0.29, 0.717) is 93.8 Å². The monoisotopic (exact) mass is 838 g/mol. The lowest BCUT2D eigenvalue weighted by Gasteiger charge is -2.27. The zero-order valence-electron chi connectivity index (χ0n) is 36.0. The molecule has 2 fully saturated rings. The quantitative estimate of drug-likeness (QED) is 0.0659. The summed E-state index contributed by atoms with van der Waals surface area (Å²) in [5, 5.41) is 0.443. The van der Waals surface area contributed by atoms with Crippen molar-refractivity contribution >= 4 is 34.8 Å². The lowest BCUT2D eigenvalue weighted by molar-refractivity contribution is -0.153. The number of aryl methyl sites for hydroxylation is 4. The summed E-state index contributed by atoms with van der Waals surface area (Å²) in [4.78, 5) is 62.0. The number of hydrogen-bond acceptors (Lipinski definition) is 10. The van der Waals surface area contributed by atoms with Gasteiger partial charge in [0.15, 0.2) is 11.6 Å². The van der Waals surface area contributed by atoms with Crippen molar-refractivity contribution in [1.82, 2.24) is 9.97 Å². The Bertz CT molecular complexity index is 2280. The van der Waals surface area contributed by atoms with Crippen molar-refractivity contribution in [2.75, 3.05) is 0 Å². The van der Waals surface area contributed by atoms with Crippen LogP contribution >= 0.6 is 0 Å². The molecule has 5 aromatic rings. The Morgan fingerprint density at radius 3 is 1.44 bits per heavy atom. The molecule has 0 unspecified atom stereocenters. The van der Waals surface area contributed by atoms with Crippen LogP contribution in [0.15, 0.2) is 97.2 Å². The van der Waals surface area contributed by atoms with Crippen molar-refractivity contribution < 1.29 is 38.1 Å². The second kappa shape index (κ2) is 21.8. The Kier molecular flexibility index (Phi) is 15.5. The van der Waals surface area contributed by atoms with Crippen LogP contribution in [0.4, 0.5) is 0 Å². The molecule has 10 nitrogen and oxygen atoms in total. The second-order valence-electron chi connectivity index (χ2n) is 16.8. The lowest BCUT2D eigenvalue weighted by Crippen LogP contribution is -2.30. The maximum atomic E-state index is 13.6. The number of rotatable bonds is 17. The van der Waals surface area contributed by atoms with E-state index in [-0.39, 0.29) is 59.4 Å². The molecule has 0 spiro atoms. The van der Waals surface area contributed by atoms with Crippen molar-refractivity contribution in [2.45, 2.75) is 129 Å². The standard InChI is InChI=1S/C52H58N2O8/c1-3-8-35-12-16-37(17-13-35)20-32-47(55)59-42-26-22-40(23-27-42)51(57)61-45-30-31-46(49-44(45)34-53-50(54-49)39-10-6-5-7-11-39)62-52(58)41-24-28-43(29-25-41)60-48(56)33-21-38-18-14-36(9-4-2)15-19-38/h5-7,10-19,30-31,34,40-43H,3-4,8-9,20-29,32-33H2,1-2H3. The summed E-state index contributed by atoms with van der Waals surface area (Å²) in [6.07, 6.45) is 11.7. The zero-order valence-corrected chi connectivity index (χ0v) is 36.0. The number of fused-ring (bicyclic) bond motifs is 1. The molecule has 0 N–H and O–H groups in total. The van der Waals surface area contributed by atoms with Crippen molar-refractivity contribution in [3.8, 4) is 22.9 Å². The molecule has 0 bridgehead atoms. The minimum atomic E-state index is -0.384. The van der Waals surface area contributed by atoms with Gasteiger partial charge in [-0.3, -0.25) is 19.2 Å². The summed E-state index contributed by atoms with van der Waals surface area (Å²) >= 11 is 0. The van der Waals surface area contributed by atoms with E-state index in [2.05, 4.69) is 67.4 Å². The molecular formula is C52H58N2O8. The van der Waals surface area contributed by atoms with E-state index in [9.17, 15) is 19.2 Å². The number of carbonyl (C=O) groups is 4. The Labute approximate surface area is 364 Å². The van der Waals surface area contributed by atoms with Gasteiger partial charge in [-0.15, -0.1) is 0 Å². The van der Waals surface area contributed by atoms with Gasteiger partial charge in [0, 0.05) is 24.6 Å². The number of hydrogen-bond donors (Lipinski definition) is 0. The van der Waals surface area contributed by atoms with Crippen LogP contribution in [0.5, 0.6) is 11.5 Å². The lowest BCUT2D eigenvalue weighted by atomic mass is 9.87. The number of aromatic nitrogens is 2.